The first-order valence-electron chi connectivity index (χ1n) is 9.62. The number of carbonyl (C=O) groups excluding carboxylic acids is 2. The lowest BCUT2D eigenvalue weighted by Crippen LogP contribution is -2.38. The Bertz CT molecular complexity index is 511. The van der Waals surface area contributed by atoms with E-state index in [9.17, 15) is 22.8 Å². The summed E-state index contributed by atoms with van der Waals surface area (Å²) in [6.07, 6.45) is -5.11. The van der Waals surface area contributed by atoms with Gasteiger partial charge in [-0.3, -0.25) is 0 Å². The van der Waals surface area contributed by atoms with Crippen LogP contribution in [-0.2, 0) is 28.5 Å². The van der Waals surface area contributed by atoms with Gasteiger partial charge in [0.25, 0.3) is 0 Å². The van der Waals surface area contributed by atoms with Crippen molar-refractivity contribution in [2.75, 3.05) is 26.4 Å². The quantitative estimate of drug-likeness (QED) is 0.316. The van der Waals surface area contributed by atoms with E-state index >= 15 is 0 Å². The van der Waals surface area contributed by atoms with Gasteiger partial charge in [0.1, 0.15) is 17.8 Å². The summed E-state index contributed by atoms with van der Waals surface area (Å²) in [6.45, 7) is 10.6. The van der Waals surface area contributed by atoms with Crippen LogP contribution >= 0.6 is 0 Å². The third-order valence-corrected chi connectivity index (χ3v) is 4.34. The Hall–Kier alpha value is -1.55. The summed E-state index contributed by atoms with van der Waals surface area (Å²) in [5, 5.41) is 0. The molecular weight excluding hydrogens is 397 g/mol. The molecule has 0 heterocycles. The second-order valence-electron chi connectivity index (χ2n) is 7.42. The highest BCUT2D eigenvalue weighted by Crippen LogP contribution is 2.26. The van der Waals surface area contributed by atoms with Gasteiger partial charge in [-0.15, -0.1) is 0 Å². The van der Waals surface area contributed by atoms with Crippen LogP contribution in [0.3, 0.4) is 0 Å². The molecule has 0 saturated heterocycles. The lowest BCUT2D eigenvalue weighted by atomic mass is 9.99. The zero-order chi connectivity index (χ0) is 22.7. The van der Waals surface area contributed by atoms with Crippen LogP contribution in [0.1, 0.15) is 60.8 Å². The average Bonchev–Trinajstić information content (AvgIpc) is 2.62. The molecule has 0 N–H and O–H groups in total. The maximum atomic E-state index is 12.3. The molecule has 29 heavy (non-hydrogen) atoms. The summed E-state index contributed by atoms with van der Waals surface area (Å²) >= 11 is 0. The molecule has 0 amide bonds. The van der Waals surface area contributed by atoms with Crippen molar-refractivity contribution in [2.24, 2.45) is 0 Å². The molecule has 0 saturated carbocycles. The molecule has 0 bridgehead atoms. The summed E-state index contributed by atoms with van der Waals surface area (Å²) in [5.41, 5.74) is -2.11. The van der Waals surface area contributed by atoms with Gasteiger partial charge >= 0.3 is 18.3 Å². The number of halogens is 3. The molecule has 2 unspecified atom stereocenters. The van der Waals surface area contributed by atoms with E-state index in [0.717, 1.165) is 0 Å². The highest BCUT2D eigenvalue weighted by Gasteiger charge is 2.44. The first kappa shape index (κ1) is 27.5. The number of ether oxygens (including phenoxy) is 5. The number of esters is 1. The molecule has 0 aliphatic heterocycles. The number of alkyl halides is 3. The Morgan fingerprint density at radius 1 is 0.897 bits per heavy atom. The van der Waals surface area contributed by atoms with Crippen LogP contribution in [0.5, 0.6) is 0 Å². The predicted molar refractivity (Wildman–Crippen MR) is 98.5 cm³/mol. The lowest BCUT2D eigenvalue weighted by Gasteiger charge is -2.29. The van der Waals surface area contributed by atoms with E-state index in [1.807, 2.05) is 20.8 Å². The molecular formula is C19H33F3O7. The van der Waals surface area contributed by atoms with E-state index in [0.29, 0.717) is 6.42 Å². The van der Waals surface area contributed by atoms with Crippen molar-refractivity contribution >= 4 is 12.1 Å². The molecule has 0 aromatic rings. The minimum atomic E-state index is -5.04. The monoisotopic (exact) mass is 430 g/mol. The van der Waals surface area contributed by atoms with Crippen molar-refractivity contribution in [1.29, 1.82) is 0 Å². The molecule has 0 aromatic carbocycles. The molecule has 0 aliphatic rings. The van der Waals surface area contributed by atoms with Crippen molar-refractivity contribution in [2.45, 2.75) is 84.3 Å². The molecule has 0 spiro atoms. The number of hydrogen-bond donors (Lipinski definition) is 0. The van der Waals surface area contributed by atoms with Crippen molar-refractivity contribution < 1.29 is 46.4 Å². The van der Waals surface area contributed by atoms with E-state index < -0.39 is 29.5 Å². The Morgan fingerprint density at radius 2 is 1.48 bits per heavy atom. The lowest BCUT2D eigenvalue weighted by molar-refractivity contribution is -0.214. The first-order chi connectivity index (χ1) is 13.3. The molecule has 0 fully saturated rings. The standard InChI is InChI=1S/C19H33F3O7/c1-7-17(5,28-15(23)19(20,21)22)9-10-25-11-12-26-16(24)29-18(6,8-2)13-27-14(3)4/h14H,7-13H2,1-6H3. The topological polar surface area (TPSA) is 80.3 Å². The summed E-state index contributed by atoms with van der Waals surface area (Å²) in [5.74, 6) is -2.23. The largest absolute Gasteiger partial charge is 0.508 e. The average molecular weight is 430 g/mol. The molecule has 0 aromatic heterocycles. The molecule has 10 heteroatoms. The van der Waals surface area contributed by atoms with E-state index in [4.69, 9.17) is 18.9 Å². The van der Waals surface area contributed by atoms with Gasteiger partial charge in [0.15, 0.2) is 0 Å². The Morgan fingerprint density at radius 3 is 1.97 bits per heavy atom. The van der Waals surface area contributed by atoms with Gasteiger partial charge in [-0.05, 0) is 40.5 Å². The maximum absolute atomic E-state index is 12.3. The van der Waals surface area contributed by atoms with Gasteiger partial charge in [-0.2, -0.15) is 13.2 Å². The van der Waals surface area contributed by atoms with Crippen LogP contribution < -0.4 is 0 Å². The van der Waals surface area contributed by atoms with Gasteiger partial charge in [0.05, 0.1) is 25.9 Å². The Balaban J connectivity index is 4.19. The van der Waals surface area contributed by atoms with Crippen LogP contribution in [0.2, 0.25) is 0 Å². The van der Waals surface area contributed by atoms with E-state index in [1.165, 1.54) is 6.92 Å². The van der Waals surface area contributed by atoms with Crippen LogP contribution in [0, 0.1) is 0 Å². The second kappa shape index (κ2) is 12.2. The number of carbonyl (C=O) groups is 2. The fraction of sp³-hybridized carbons (Fsp3) is 0.895. The van der Waals surface area contributed by atoms with Gasteiger partial charge in [-0.1, -0.05) is 13.8 Å². The fourth-order valence-corrected chi connectivity index (χ4v) is 1.93. The molecule has 2 atom stereocenters. The molecule has 172 valence electrons. The van der Waals surface area contributed by atoms with Gasteiger partial charge < -0.3 is 23.7 Å². The van der Waals surface area contributed by atoms with Crippen molar-refractivity contribution in [3.63, 3.8) is 0 Å². The fourth-order valence-electron chi connectivity index (χ4n) is 1.93. The zero-order valence-corrected chi connectivity index (χ0v) is 18.0. The van der Waals surface area contributed by atoms with Crippen molar-refractivity contribution in [1.82, 2.24) is 0 Å². The third-order valence-electron chi connectivity index (χ3n) is 4.34. The van der Waals surface area contributed by atoms with E-state index in [2.05, 4.69) is 4.74 Å². The minimum Gasteiger partial charge on any atom is -0.453 e. The zero-order valence-electron chi connectivity index (χ0n) is 18.0. The second-order valence-corrected chi connectivity index (χ2v) is 7.42. The van der Waals surface area contributed by atoms with Crippen LogP contribution in [0.25, 0.3) is 0 Å². The van der Waals surface area contributed by atoms with Gasteiger partial charge in [0, 0.05) is 6.42 Å². The van der Waals surface area contributed by atoms with Crippen LogP contribution in [0.4, 0.5) is 18.0 Å². The van der Waals surface area contributed by atoms with Crippen molar-refractivity contribution in [3.8, 4) is 0 Å². The minimum absolute atomic E-state index is 0.00175. The highest BCUT2D eigenvalue weighted by molar-refractivity contribution is 5.76. The Kier molecular flexibility index (Phi) is 11.6. The van der Waals surface area contributed by atoms with Crippen LogP contribution in [-0.4, -0.2) is 62.0 Å². The molecule has 0 rings (SSSR count). The maximum Gasteiger partial charge on any atom is 0.508 e. The molecule has 7 nitrogen and oxygen atoms in total. The summed E-state index contributed by atoms with van der Waals surface area (Å²) in [6, 6.07) is 0. The van der Waals surface area contributed by atoms with E-state index in [-0.39, 0.29) is 45.4 Å². The van der Waals surface area contributed by atoms with Gasteiger partial charge in [0.2, 0.25) is 0 Å². The SMILES string of the molecule is CCC(C)(COC(C)C)OC(=O)OCCOCCC(C)(CC)OC(=O)C(F)(F)F. The normalized spacial score (nSPS) is 16.1. The number of rotatable bonds is 13. The van der Waals surface area contributed by atoms with Crippen molar-refractivity contribution in [3.05, 3.63) is 0 Å². The van der Waals surface area contributed by atoms with Crippen LogP contribution in [0.15, 0.2) is 0 Å². The first-order valence-corrected chi connectivity index (χ1v) is 9.62. The summed E-state index contributed by atoms with van der Waals surface area (Å²) in [7, 11) is 0. The number of hydrogen-bond acceptors (Lipinski definition) is 7. The summed E-state index contributed by atoms with van der Waals surface area (Å²) in [4.78, 5) is 22.8. The smallest absolute Gasteiger partial charge is 0.453 e. The van der Waals surface area contributed by atoms with Gasteiger partial charge in [-0.25, -0.2) is 9.59 Å². The van der Waals surface area contributed by atoms with E-state index in [1.54, 1.807) is 13.8 Å². The third kappa shape index (κ3) is 11.9. The Labute approximate surface area is 170 Å². The summed E-state index contributed by atoms with van der Waals surface area (Å²) < 4.78 is 62.5. The molecule has 0 aliphatic carbocycles. The highest BCUT2D eigenvalue weighted by atomic mass is 19.4. The molecule has 0 radical (unpaired) electrons. The predicted octanol–water partition coefficient (Wildman–Crippen LogP) is 4.41.